The molecule has 1 rings (SSSR count). The van der Waals surface area contributed by atoms with Gasteiger partial charge in [-0.25, -0.2) is 8.42 Å². The number of rotatable bonds is 6. The zero-order valence-electron chi connectivity index (χ0n) is 10.9. The van der Waals surface area contributed by atoms with E-state index in [4.69, 9.17) is 16.7 Å². The molecule has 19 heavy (non-hydrogen) atoms. The number of carbonyl (C=O) groups is 1. The minimum atomic E-state index is -3.69. The van der Waals surface area contributed by atoms with Gasteiger partial charge in [-0.3, -0.25) is 4.79 Å². The van der Waals surface area contributed by atoms with Crippen LogP contribution in [0.2, 0.25) is 4.34 Å². The first-order valence-electron chi connectivity index (χ1n) is 5.66. The number of carboxylic acid groups (broad SMARTS) is 1. The highest BCUT2D eigenvalue weighted by molar-refractivity contribution is 7.91. The van der Waals surface area contributed by atoms with Gasteiger partial charge in [0.2, 0.25) is 0 Å². The van der Waals surface area contributed by atoms with Crippen LogP contribution in [0, 0.1) is 6.92 Å². The van der Waals surface area contributed by atoms with Gasteiger partial charge in [0.15, 0.2) is 0 Å². The van der Waals surface area contributed by atoms with Gasteiger partial charge < -0.3 is 5.11 Å². The monoisotopic (exact) mass is 325 g/mol. The van der Waals surface area contributed by atoms with Crippen molar-refractivity contribution in [1.82, 2.24) is 4.31 Å². The van der Waals surface area contributed by atoms with Crippen LogP contribution in [0.3, 0.4) is 0 Å². The van der Waals surface area contributed by atoms with Gasteiger partial charge >= 0.3 is 5.97 Å². The Morgan fingerprint density at radius 1 is 1.53 bits per heavy atom. The first-order chi connectivity index (χ1) is 8.66. The zero-order valence-corrected chi connectivity index (χ0v) is 13.3. The molecule has 0 amide bonds. The minimum absolute atomic E-state index is 0.0517. The molecule has 0 fully saturated rings. The van der Waals surface area contributed by atoms with Crippen molar-refractivity contribution in [2.24, 2.45) is 0 Å². The van der Waals surface area contributed by atoms with Crippen LogP contribution in [-0.4, -0.2) is 36.4 Å². The Morgan fingerprint density at radius 3 is 2.47 bits per heavy atom. The van der Waals surface area contributed by atoms with E-state index in [9.17, 15) is 13.2 Å². The Labute approximate surface area is 121 Å². The van der Waals surface area contributed by atoms with Crippen molar-refractivity contribution in [1.29, 1.82) is 0 Å². The molecule has 0 spiro atoms. The van der Waals surface area contributed by atoms with Gasteiger partial charge in [0.1, 0.15) is 4.21 Å². The third-order valence-electron chi connectivity index (χ3n) is 2.52. The maximum Gasteiger partial charge on any atom is 0.304 e. The molecule has 0 aliphatic carbocycles. The average Bonchev–Trinajstić information content (AvgIpc) is 2.58. The SMILES string of the molecule is Cc1cc(S(=O)(=O)N(CCC(=O)O)C(C)C)sc1Cl. The van der Waals surface area contributed by atoms with Crippen LogP contribution in [-0.2, 0) is 14.8 Å². The van der Waals surface area contributed by atoms with Crippen molar-refractivity contribution in [3.05, 3.63) is 16.0 Å². The van der Waals surface area contributed by atoms with Crippen molar-refractivity contribution in [2.45, 2.75) is 37.4 Å². The maximum atomic E-state index is 12.4. The van der Waals surface area contributed by atoms with E-state index in [1.54, 1.807) is 20.8 Å². The Hall–Kier alpha value is -0.630. The highest BCUT2D eigenvalue weighted by Gasteiger charge is 2.29. The molecule has 108 valence electrons. The lowest BCUT2D eigenvalue weighted by molar-refractivity contribution is -0.137. The first kappa shape index (κ1) is 16.4. The summed E-state index contributed by atoms with van der Waals surface area (Å²) in [6.07, 6.45) is -0.227. The third-order valence-corrected chi connectivity index (χ3v) is 6.60. The molecule has 5 nitrogen and oxygen atoms in total. The summed E-state index contributed by atoms with van der Waals surface area (Å²) in [6.45, 7) is 5.10. The van der Waals surface area contributed by atoms with Crippen LogP contribution < -0.4 is 0 Å². The number of carboxylic acids is 1. The number of hydrogen-bond donors (Lipinski definition) is 1. The number of halogens is 1. The van der Waals surface area contributed by atoms with E-state index in [0.29, 0.717) is 9.90 Å². The summed E-state index contributed by atoms with van der Waals surface area (Å²) >= 11 is 6.88. The molecule has 0 aliphatic rings. The quantitative estimate of drug-likeness (QED) is 0.872. The normalized spacial score (nSPS) is 12.3. The number of aliphatic carboxylic acids is 1. The molecule has 0 saturated carbocycles. The van der Waals surface area contributed by atoms with Crippen LogP contribution in [0.25, 0.3) is 0 Å². The number of thiophene rings is 1. The number of hydrogen-bond acceptors (Lipinski definition) is 4. The Balaban J connectivity index is 3.09. The van der Waals surface area contributed by atoms with E-state index in [-0.39, 0.29) is 23.2 Å². The van der Waals surface area contributed by atoms with Crippen LogP contribution >= 0.6 is 22.9 Å². The average molecular weight is 326 g/mol. The number of nitrogens with zero attached hydrogens (tertiary/aromatic N) is 1. The molecule has 0 aliphatic heterocycles. The van der Waals surface area contributed by atoms with Gasteiger partial charge in [-0.15, -0.1) is 11.3 Å². The van der Waals surface area contributed by atoms with E-state index >= 15 is 0 Å². The molecule has 1 aromatic heterocycles. The second kappa shape index (κ2) is 6.21. The Bertz CT molecular complexity index is 546. The van der Waals surface area contributed by atoms with Crippen LogP contribution in [0.1, 0.15) is 25.8 Å². The molecule has 0 radical (unpaired) electrons. The standard InChI is InChI=1S/C11H16ClNO4S2/c1-7(2)13(5-4-9(14)15)19(16,17)10-6-8(3)11(12)18-10/h6-7H,4-5H2,1-3H3,(H,14,15). The molecule has 0 unspecified atom stereocenters. The second-order valence-electron chi connectivity index (χ2n) is 4.38. The molecule has 0 aromatic carbocycles. The van der Waals surface area contributed by atoms with Crippen LogP contribution in [0.15, 0.2) is 10.3 Å². The summed E-state index contributed by atoms with van der Waals surface area (Å²) in [5.41, 5.74) is 0.701. The zero-order chi connectivity index (χ0) is 14.8. The Morgan fingerprint density at radius 2 is 2.11 bits per heavy atom. The van der Waals surface area contributed by atoms with E-state index < -0.39 is 16.0 Å². The van der Waals surface area contributed by atoms with Gasteiger partial charge in [0, 0.05) is 12.6 Å². The smallest absolute Gasteiger partial charge is 0.304 e. The number of aryl methyl sites for hydroxylation is 1. The van der Waals surface area contributed by atoms with Crippen LogP contribution in [0.4, 0.5) is 0 Å². The molecule has 0 saturated heterocycles. The summed E-state index contributed by atoms with van der Waals surface area (Å²) in [5, 5.41) is 8.69. The van der Waals surface area contributed by atoms with E-state index in [2.05, 4.69) is 0 Å². The van der Waals surface area contributed by atoms with Crippen molar-refractivity contribution in [3.63, 3.8) is 0 Å². The topological polar surface area (TPSA) is 74.7 Å². The fraction of sp³-hybridized carbons (Fsp3) is 0.545. The molecule has 0 bridgehead atoms. The van der Waals surface area contributed by atoms with Crippen molar-refractivity contribution in [2.75, 3.05) is 6.54 Å². The molecule has 1 heterocycles. The van der Waals surface area contributed by atoms with Crippen molar-refractivity contribution < 1.29 is 18.3 Å². The van der Waals surface area contributed by atoms with Crippen molar-refractivity contribution in [3.8, 4) is 0 Å². The minimum Gasteiger partial charge on any atom is -0.481 e. The molecule has 8 heteroatoms. The summed E-state index contributed by atoms with van der Waals surface area (Å²) in [6, 6.07) is 1.20. The predicted octanol–water partition coefficient (Wildman–Crippen LogP) is 2.58. The van der Waals surface area contributed by atoms with E-state index in [1.165, 1.54) is 10.4 Å². The molecular formula is C11H16ClNO4S2. The summed E-state index contributed by atoms with van der Waals surface area (Å²) in [7, 11) is -3.69. The van der Waals surface area contributed by atoms with Crippen LogP contribution in [0.5, 0.6) is 0 Å². The van der Waals surface area contributed by atoms with Gasteiger partial charge in [-0.2, -0.15) is 4.31 Å². The lowest BCUT2D eigenvalue weighted by atomic mass is 10.3. The Kier molecular flexibility index (Phi) is 5.37. The molecule has 1 aromatic rings. The first-order valence-corrected chi connectivity index (χ1v) is 8.29. The van der Waals surface area contributed by atoms with Crippen molar-refractivity contribution >= 4 is 38.9 Å². The molecule has 1 N–H and O–H groups in total. The largest absolute Gasteiger partial charge is 0.481 e. The fourth-order valence-corrected chi connectivity index (χ4v) is 5.01. The van der Waals surface area contributed by atoms with Gasteiger partial charge in [-0.1, -0.05) is 11.6 Å². The van der Waals surface area contributed by atoms with Gasteiger partial charge in [0.05, 0.1) is 10.8 Å². The maximum absolute atomic E-state index is 12.4. The molecule has 0 atom stereocenters. The lowest BCUT2D eigenvalue weighted by Crippen LogP contribution is -2.38. The number of sulfonamides is 1. The van der Waals surface area contributed by atoms with Gasteiger partial charge in [-0.05, 0) is 32.4 Å². The van der Waals surface area contributed by atoms with Gasteiger partial charge in [0.25, 0.3) is 10.0 Å². The third kappa shape index (κ3) is 3.92. The highest BCUT2D eigenvalue weighted by Crippen LogP contribution is 2.32. The molecular weight excluding hydrogens is 310 g/mol. The summed E-state index contributed by atoms with van der Waals surface area (Å²) in [4.78, 5) is 10.6. The highest BCUT2D eigenvalue weighted by atomic mass is 35.5. The second-order valence-corrected chi connectivity index (χ2v) is 8.15. The lowest BCUT2D eigenvalue weighted by Gasteiger charge is -2.24. The van der Waals surface area contributed by atoms with E-state index in [0.717, 1.165) is 11.3 Å². The predicted molar refractivity (Wildman–Crippen MR) is 75.3 cm³/mol. The fourth-order valence-electron chi connectivity index (χ4n) is 1.54. The summed E-state index contributed by atoms with van der Waals surface area (Å²) < 4.78 is 26.6. The summed E-state index contributed by atoms with van der Waals surface area (Å²) in [5.74, 6) is -1.03. The van der Waals surface area contributed by atoms with E-state index in [1.807, 2.05) is 0 Å².